The van der Waals surface area contributed by atoms with Gasteiger partial charge in [-0.25, -0.2) is 9.78 Å². The zero-order valence-electron chi connectivity index (χ0n) is 15.6. The summed E-state index contributed by atoms with van der Waals surface area (Å²) in [6.45, 7) is 6.10. The van der Waals surface area contributed by atoms with Crippen LogP contribution < -0.4 is 11.2 Å². The van der Waals surface area contributed by atoms with Crippen molar-refractivity contribution >= 4 is 55.9 Å². The largest absolute Gasteiger partial charge is 0.423 e. The molecule has 4 aromatic rings. The maximum Gasteiger partial charge on any atom is 0.336 e. The zero-order valence-corrected chi connectivity index (χ0v) is 18.0. The molecule has 8 heteroatoms. The molecular formula is C21H17ClN2O3S2. The molecule has 1 aromatic carbocycles. The van der Waals surface area contributed by atoms with Crippen molar-refractivity contribution in [2.24, 2.45) is 0 Å². The first-order valence-corrected chi connectivity index (χ1v) is 11.2. The van der Waals surface area contributed by atoms with E-state index in [1.54, 1.807) is 16.7 Å². The van der Waals surface area contributed by atoms with Gasteiger partial charge in [-0.15, -0.1) is 17.9 Å². The highest BCUT2D eigenvalue weighted by atomic mass is 35.5. The van der Waals surface area contributed by atoms with Gasteiger partial charge in [0.25, 0.3) is 5.56 Å². The molecule has 0 aliphatic carbocycles. The van der Waals surface area contributed by atoms with Crippen LogP contribution in [0.15, 0.2) is 61.5 Å². The second-order valence-corrected chi connectivity index (χ2v) is 8.66. The van der Waals surface area contributed by atoms with Crippen LogP contribution in [0, 0.1) is 0 Å². The summed E-state index contributed by atoms with van der Waals surface area (Å²) in [5, 5.41) is 4.47. The maximum absolute atomic E-state index is 12.8. The Kier molecular flexibility index (Phi) is 5.63. The van der Waals surface area contributed by atoms with E-state index in [1.165, 1.54) is 29.2 Å². The first-order chi connectivity index (χ1) is 14.0. The van der Waals surface area contributed by atoms with Crippen LogP contribution in [0.3, 0.4) is 0 Å². The second kappa shape index (κ2) is 8.18. The number of hydrogen-bond donors (Lipinski definition) is 0. The molecule has 0 atom stereocenters. The van der Waals surface area contributed by atoms with E-state index in [-0.39, 0.29) is 5.56 Å². The number of allylic oxidation sites excluding steroid dienone is 1. The lowest BCUT2D eigenvalue weighted by atomic mass is 10.1. The van der Waals surface area contributed by atoms with Crippen LogP contribution in [-0.4, -0.2) is 9.55 Å². The van der Waals surface area contributed by atoms with Crippen LogP contribution in [0.5, 0.6) is 0 Å². The van der Waals surface area contributed by atoms with Gasteiger partial charge in [-0.2, -0.15) is 0 Å². The Labute approximate surface area is 179 Å². The number of benzene rings is 1. The third-order valence-corrected chi connectivity index (χ3v) is 6.78. The highest BCUT2D eigenvalue weighted by Gasteiger charge is 2.14. The average Bonchev–Trinajstić information content (AvgIpc) is 3.17. The Hall–Kier alpha value is -2.35. The predicted molar refractivity (Wildman–Crippen MR) is 121 cm³/mol. The summed E-state index contributed by atoms with van der Waals surface area (Å²) in [7, 11) is 0. The van der Waals surface area contributed by atoms with Crippen molar-refractivity contribution in [3.63, 3.8) is 0 Å². The molecule has 0 saturated heterocycles. The molecule has 3 heterocycles. The minimum Gasteiger partial charge on any atom is -0.423 e. The van der Waals surface area contributed by atoms with E-state index < -0.39 is 5.63 Å². The quantitative estimate of drug-likeness (QED) is 0.176. The summed E-state index contributed by atoms with van der Waals surface area (Å²) < 4.78 is 6.97. The van der Waals surface area contributed by atoms with E-state index in [2.05, 4.69) is 11.6 Å². The molecule has 0 spiro atoms. The SMILES string of the molecule is C=CCn1c(SCc2cc(=O)oc3cc(CC)c(Cl)cc23)nc2sccc2c1=O. The van der Waals surface area contributed by atoms with Crippen LogP contribution in [0.25, 0.3) is 21.2 Å². The van der Waals surface area contributed by atoms with Gasteiger partial charge in [-0.05, 0) is 41.1 Å². The molecule has 0 aliphatic heterocycles. The third kappa shape index (κ3) is 3.77. The number of aryl methyl sites for hydroxylation is 1. The van der Waals surface area contributed by atoms with Crippen LogP contribution in [0.2, 0.25) is 5.02 Å². The molecule has 5 nitrogen and oxygen atoms in total. The monoisotopic (exact) mass is 444 g/mol. The topological polar surface area (TPSA) is 65.1 Å². The minimum atomic E-state index is -0.414. The molecule has 0 amide bonds. The van der Waals surface area contributed by atoms with E-state index in [0.29, 0.717) is 38.3 Å². The van der Waals surface area contributed by atoms with Crippen LogP contribution >= 0.6 is 34.7 Å². The first-order valence-electron chi connectivity index (χ1n) is 8.98. The molecule has 148 valence electrons. The maximum atomic E-state index is 12.8. The Morgan fingerprint density at radius 2 is 2.10 bits per heavy atom. The van der Waals surface area contributed by atoms with Crippen LogP contribution in [0.1, 0.15) is 18.1 Å². The van der Waals surface area contributed by atoms with Crippen LogP contribution in [-0.2, 0) is 18.7 Å². The minimum absolute atomic E-state index is 0.0910. The van der Waals surface area contributed by atoms with Gasteiger partial charge in [0.2, 0.25) is 0 Å². The van der Waals surface area contributed by atoms with Gasteiger partial charge in [-0.3, -0.25) is 9.36 Å². The van der Waals surface area contributed by atoms with E-state index in [4.69, 9.17) is 16.0 Å². The summed E-state index contributed by atoms with van der Waals surface area (Å²) in [4.78, 5) is 30.2. The standard InChI is InChI=1S/C21H17ClN2O3S2/c1-3-6-24-20(26)14-5-7-28-19(14)23-21(24)29-11-13-9-18(25)27-17-8-12(4-2)16(22)10-15(13)17/h3,5,7-10H,1,4,6,11H2,2H3. The normalized spacial score (nSPS) is 11.4. The molecule has 3 aromatic heterocycles. The molecule has 0 aliphatic rings. The predicted octanol–water partition coefficient (Wildman–Crippen LogP) is 5.26. The molecule has 0 saturated carbocycles. The van der Waals surface area contributed by atoms with Crippen molar-refractivity contribution in [2.75, 3.05) is 0 Å². The molecule has 29 heavy (non-hydrogen) atoms. The van der Waals surface area contributed by atoms with Gasteiger partial charge in [0, 0.05) is 28.8 Å². The fourth-order valence-corrected chi connectivity index (χ4v) is 5.25. The Morgan fingerprint density at radius 3 is 2.86 bits per heavy atom. The molecule has 0 N–H and O–H groups in total. The Morgan fingerprint density at radius 1 is 1.28 bits per heavy atom. The lowest BCUT2D eigenvalue weighted by Crippen LogP contribution is -2.22. The number of hydrogen-bond acceptors (Lipinski definition) is 6. The summed E-state index contributed by atoms with van der Waals surface area (Å²) >= 11 is 9.21. The average molecular weight is 445 g/mol. The van der Waals surface area contributed by atoms with Crippen LogP contribution in [0.4, 0.5) is 0 Å². The fraction of sp³-hybridized carbons (Fsp3) is 0.190. The number of fused-ring (bicyclic) bond motifs is 2. The molecule has 0 unspecified atom stereocenters. The summed E-state index contributed by atoms with van der Waals surface area (Å²) in [5.74, 6) is 0.449. The van der Waals surface area contributed by atoms with Crippen molar-refractivity contribution in [3.05, 3.63) is 79.2 Å². The van der Waals surface area contributed by atoms with E-state index in [1.807, 2.05) is 24.4 Å². The Bertz CT molecular complexity index is 1350. The summed E-state index contributed by atoms with van der Waals surface area (Å²) in [6, 6.07) is 6.90. The Balaban J connectivity index is 1.78. The zero-order chi connectivity index (χ0) is 20.5. The summed E-state index contributed by atoms with van der Waals surface area (Å²) in [6.07, 6.45) is 2.42. The molecular weight excluding hydrogens is 428 g/mol. The van der Waals surface area contributed by atoms with E-state index in [0.717, 1.165) is 22.9 Å². The number of nitrogens with zero attached hydrogens (tertiary/aromatic N) is 2. The lowest BCUT2D eigenvalue weighted by Gasteiger charge is -2.11. The van der Waals surface area contributed by atoms with Crippen molar-refractivity contribution in [2.45, 2.75) is 30.8 Å². The highest BCUT2D eigenvalue weighted by molar-refractivity contribution is 7.98. The third-order valence-electron chi connectivity index (χ3n) is 4.59. The van der Waals surface area contributed by atoms with Crippen molar-refractivity contribution < 1.29 is 4.42 Å². The number of thiophene rings is 1. The number of thioether (sulfide) groups is 1. The van der Waals surface area contributed by atoms with Gasteiger partial charge in [0.1, 0.15) is 10.4 Å². The fourth-order valence-electron chi connectivity index (χ4n) is 3.15. The smallest absolute Gasteiger partial charge is 0.336 e. The first kappa shape index (κ1) is 19.9. The van der Waals surface area contributed by atoms with Crippen molar-refractivity contribution in [3.8, 4) is 0 Å². The molecule has 0 radical (unpaired) electrons. The molecule has 0 bridgehead atoms. The highest BCUT2D eigenvalue weighted by Crippen LogP contribution is 2.30. The van der Waals surface area contributed by atoms with Crippen molar-refractivity contribution in [1.82, 2.24) is 9.55 Å². The van der Waals surface area contributed by atoms with Gasteiger partial charge >= 0.3 is 5.63 Å². The molecule has 0 fully saturated rings. The lowest BCUT2D eigenvalue weighted by molar-refractivity contribution is 0.559. The van der Waals surface area contributed by atoms with Gasteiger partial charge in [0.05, 0.1) is 5.39 Å². The van der Waals surface area contributed by atoms with Gasteiger partial charge < -0.3 is 4.42 Å². The van der Waals surface area contributed by atoms with E-state index in [9.17, 15) is 9.59 Å². The number of rotatable bonds is 6. The second-order valence-electron chi connectivity index (χ2n) is 6.41. The van der Waals surface area contributed by atoms with Crippen molar-refractivity contribution in [1.29, 1.82) is 0 Å². The number of halogens is 1. The summed E-state index contributed by atoms with van der Waals surface area (Å²) in [5.41, 5.74) is 1.72. The van der Waals surface area contributed by atoms with Gasteiger partial charge in [0.15, 0.2) is 5.16 Å². The van der Waals surface area contributed by atoms with Gasteiger partial charge in [-0.1, -0.05) is 36.4 Å². The number of aromatic nitrogens is 2. The van der Waals surface area contributed by atoms with E-state index >= 15 is 0 Å². The molecule has 4 rings (SSSR count).